The van der Waals surface area contributed by atoms with Crippen LogP contribution in [0.4, 0.5) is 10.3 Å². The fourth-order valence-electron chi connectivity index (χ4n) is 3.27. The Morgan fingerprint density at radius 1 is 1.50 bits per heavy atom. The van der Waals surface area contributed by atoms with E-state index in [1.165, 1.54) is 29.0 Å². The van der Waals surface area contributed by atoms with Gasteiger partial charge in [0.2, 0.25) is 5.95 Å². The molecule has 0 amide bonds. The van der Waals surface area contributed by atoms with Gasteiger partial charge < -0.3 is 10.6 Å². The Balaban J connectivity index is 2.07. The van der Waals surface area contributed by atoms with Crippen molar-refractivity contribution in [2.45, 2.75) is 31.8 Å². The Kier molecular flexibility index (Phi) is 5.12. The monoisotopic (exact) mass is 419 g/mol. The molecule has 6 nitrogen and oxygen atoms in total. The number of halogens is 2. The summed E-state index contributed by atoms with van der Waals surface area (Å²) in [6.45, 7) is 3.32. The van der Waals surface area contributed by atoms with E-state index >= 15 is 0 Å². The highest BCUT2D eigenvalue weighted by molar-refractivity contribution is 9.10. The molecular weight excluding hydrogens is 401 g/mol. The van der Waals surface area contributed by atoms with Gasteiger partial charge in [-0.3, -0.25) is 9.36 Å². The standard InChI is InChI=1S/C18H19BrFN5O/c1-18(22)5-2-6-24(11-18)17-23-9-15(19)16(26)25(17)10-13-7-14(20)4-3-12(13)8-21/h3-4,7,9H,2,5-6,10-11,22H2,1H3/t18-/m1/s1. The minimum atomic E-state index is -0.455. The van der Waals surface area contributed by atoms with Crippen LogP contribution in [0.2, 0.25) is 0 Å². The summed E-state index contributed by atoms with van der Waals surface area (Å²) < 4.78 is 15.4. The zero-order valence-corrected chi connectivity index (χ0v) is 16.0. The van der Waals surface area contributed by atoms with Crippen molar-refractivity contribution < 1.29 is 4.39 Å². The molecule has 0 unspecified atom stereocenters. The summed E-state index contributed by atoms with van der Waals surface area (Å²) in [5.41, 5.74) is 6.39. The summed E-state index contributed by atoms with van der Waals surface area (Å²) >= 11 is 3.21. The highest BCUT2D eigenvalue weighted by Gasteiger charge is 2.29. The van der Waals surface area contributed by atoms with E-state index < -0.39 is 5.82 Å². The van der Waals surface area contributed by atoms with Gasteiger partial charge in [0.15, 0.2) is 0 Å². The third kappa shape index (κ3) is 3.79. The molecule has 1 aliphatic heterocycles. The first-order valence-electron chi connectivity index (χ1n) is 8.28. The van der Waals surface area contributed by atoms with Crippen LogP contribution in [0.3, 0.4) is 0 Å². The Morgan fingerprint density at radius 2 is 2.27 bits per heavy atom. The minimum absolute atomic E-state index is 0.0546. The number of nitrogens with two attached hydrogens (primary N) is 1. The summed E-state index contributed by atoms with van der Waals surface area (Å²) in [4.78, 5) is 19.1. The number of nitrogens with zero attached hydrogens (tertiary/aromatic N) is 4. The molecule has 2 aromatic rings. The number of hydrogen-bond acceptors (Lipinski definition) is 5. The summed E-state index contributed by atoms with van der Waals surface area (Å²) in [6.07, 6.45) is 3.25. The number of benzene rings is 1. The van der Waals surface area contributed by atoms with Crippen molar-refractivity contribution in [1.82, 2.24) is 9.55 Å². The van der Waals surface area contributed by atoms with E-state index in [1.807, 2.05) is 17.9 Å². The average molecular weight is 420 g/mol. The number of hydrogen-bond donors (Lipinski definition) is 1. The van der Waals surface area contributed by atoms with Crippen LogP contribution < -0.4 is 16.2 Å². The van der Waals surface area contributed by atoms with Crippen LogP contribution in [-0.4, -0.2) is 28.2 Å². The van der Waals surface area contributed by atoms with Gasteiger partial charge in [0.05, 0.1) is 24.4 Å². The van der Waals surface area contributed by atoms with Gasteiger partial charge in [-0.1, -0.05) is 0 Å². The second-order valence-electron chi connectivity index (χ2n) is 6.89. The Bertz CT molecular complexity index is 934. The van der Waals surface area contributed by atoms with Crippen molar-refractivity contribution in [3.63, 3.8) is 0 Å². The Labute approximate surface area is 159 Å². The van der Waals surface area contributed by atoms with Gasteiger partial charge in [0.25, 0.3) is 5.56 Å². The lowest BCUT2D eigenvalue weighted by Crippen LogP contribution is -2.53. The van der Waals surface area contributed by atoms with E-state index in [0.717, 1.165) is 19.4 Å². The molecule has 1 aromatic heterocycles. The van der Waals surface area contributed by atoms with Gasteiger partial charge in [-0.05, 0) is 59.5 Å². The molecule has 3 rings (SSSR count). The van der Waals surface area contributed by atoms with Crippen molar-refractivity contribution in [3.05, 3.63) is 56.2 Å². The van der Waals surface area contributed by atoms with Crippen molar-refractivity contribution in [2.75, 3.05) is 18.0 Å². The largest absolute Gasteiger partial charge is 0.340 e. The second kappa shape index (κ2) is 7.17. The number of piperidine rings is 1. The SMILES string of the molecule is C[C@@]1(N)CCCN(c2ncc(Br)c(=O)n2Cc2cc(F)ccc2C#N)C1. The van der Waals surface area contributed by atoms with Crippen molar-refractivity contribution in [3.8, 4) is 6.07 Å². The third-order valence-corrected chi connectivity index (χ3v) is 5.06. The average Bonchev–Trinajstić information content (AvgIpc) is 2.58. The topological polar surface area (TPSA) is 87.9 Å². The molecule has 1 aromatic carbocycles. The lowest BCUT2D eigenvalue weighted by molar-refractivity contribution is 0.368. The Hall–Kier alpha value is -2.24. The van der Waals surface area contributed by atoms with Gasteiger partial charge in [0.1, 0.15) is 10.3 Å². The van der Waals surface area contributed by atoms with Crippen LogP contribution in [0.1, 0.15) is 30.9 Å². The molecule has 1 saturated heterocycles. The number of aromatic nitrogens is 2. The second-order valence-corrected chi connectivity index (χ2v) is 7.74. The predicted octanol–water partition coefficient (Wildman–Crippen LogP) is 2.38. The third-order valence-electron chi connectivity index (χ3n) is 4.51. The van der Waals surface area contributed by atoms with Crippen molar-refractivity contribution >= 4 is 21.9 Å². The summed E-state index contributed by atoms with van der Waals surface area (Å²) in [5, 5.41) is 9.29. The zero-order chi connectivity index (χ0) is 18.9. The molecule has 0 saturated carbocycles. The number of nitriles is 1. The lowest BCUT2D eigenvalue weighted by Gasteiger charge is -2.39. The maximum absolute atomic E-state index is 13.7. The van der Waals surface area contributed by atoms with E-state index in [0.29, 0.717) is 28.1 Å². The molecule has 2 N–H and O–H groups in total. The quantitative estimate of drug-likeness (QED) is 0.824. The maximum Gasteiger partial charge on any atom is 0.269 e. The van der Waals surface area contributed by atoms with Gasteiger partial charge in [-0.15, -0.1) is 0 Å². The van der Waals surface area contributed by atoms with Gasteiger partial charge in [-0.2, -0.15) is 5.26 Å². The van der Waals surface area contributed by atoms with E-state index in [4.69, 9.17) is 5.73 Å². The molecule has 0 spiro atoms. The highest BCUT2D eigenvalue weighted by atomic mass is 79.9. The molecule has 1 fully saturated rings. The van der Waals surface area contributed by atoms with Crippen LogP contribution in [0.15, 0.2) is 33.7 Å². The molecule has 8 heteroatoms. The lowest BCUT2D eigenvalue weighted by atomic mass is 9.93. The molecule has 26 heavy (non-hydrogen) atoms. The molecule has 2 heterocycles. The fraction of sp³-hybridized carbons (Fsp3) is 0.389. The fourth-order valence-corrected chi connectivity index (χ4v) is 3.58. The number of rotatable bonds is 3. The van der Waals surface area contributed by atoms with E-state index in [-0.39, 0.29) is 17.6 Å². The molecule has 0 bridgehead atoms. The van der Waals surface area contributed by atoms with Crippen LogP contribution >= 0.6 is 15.9 Å². The van der Waals surface area contributed by atoms with Crippen LogP contribution in [-0.2, 0) is 6.54 Å². The van der Waals surface area contributed by atoms with E-state index in [2.05, 4.69) is 20.9 Å². The van der Waals surface area contributed by atoms with Gasteiger partial charge in [0, 0.05) is 18.6 Å². The summed E-state index contributed by atoms with van der Waals surface area (Å²) in [5.74, 6) is 0.0202. The first-order chi connectivity index (χ1) is 12.3. The first kappa shape index (κ1) is 18.5. The smallest absolute Gasteiger partial charge is 0.269 e. The highest BCUT2D eigenvalue weighted by Crippen LogP contribution is 2.24. The summed E-state index contributed by atoms with van der Waals surface area (Å²) in [6, 6.07) is 5.97. The van der Waals surface area contributed by atoms with E-state index in [1.54, 1.807) is 0 Å². The van der Waals surface area contributed by atoms with Gasteiger partial charge >= 0.3 is 0 Å². The van der Waals surface area contributed by atoms with E-state index in [9.17, 15) is 14.4 Å². The van der Waals surface area contributed by atoms with Crippen LogP contribution in [0, 0.1) is 17.1 Å². The molecule has 1 atom stereocenters. The van der Waals surface area contributed by atoms with Gasteiger partial charge in [-0.25, -0.2) is 9.37 Å². The summed E-state index contributed by atoms with van der Waals surface area (Å²) in [7, 11) is 0. The zero-order valence-electron chi connectivity index (χ0n) is 14.4. The molecule has 1 aliphatic rings. The van der Waals surface area contributed by atoms with Crippen molar-refractivity contribution in [2.24, 2.45) is 5.73 Å². The molecule has 0 radical (unpaired) electrons. The van der Waals surface area contributed by atoms with Crippen LogP contribution in [0.25, 0.3) is 0 Å². The number of anilines is 1. The van der Waals surface area contributed by atoms with Crippen molar-refractivity contribution in [1.29, 1.82) is 5.26 Å². The molecule has 136 valence electrons. The molecule has 0 aliphatic carbocycles. The predicted molar refractivity (Wildman–Crippen MR) is 100 cm³/mol. The maximum atomic E-state index is 13.7. The first-order valence-corrected chi connectivity index (χ1v) is 9.08. The Morgan fingerprint density at radius 3 is 2.96 bits per heavy atom. The minimum Gasteiger partial charge on any atom is -0.340 e. The molecular formula is C18H19BrFN5O. The van der Waals surface area contributed by atoms with Crippen LogP contribution in [0.5, 0.6) is 0 Å². The normalized spacial score (nSPS) is 20.0.